The van der Waals surface area contributed by atoms with Gasteiger partial charge in [-0.05, 0) is 17.5 Å². The largest absolute Gasteiger partial charge is 0.480 e. The van der Waals surface area contributed by atoms with Gasteiger partial charge in [0, 0.05) is 11.3 Å². The maximum absolute atomic E-state index is 13.3. The second-order valence-corrected chi connectivity index (χ2v) is 4.88. The number of carbonyl (C=O) groups is 2. The second-order valence-electron chi connectivity index (χ2n) is 4.88. The van der Waals surface area contributed by atoms with Crippen LogP contribution in [-0.2, 0) is 16.1 Å². The number of halogens is 2. The third-order valence-electron chi connectivity index (χ3n) is 2.97. The van der Waals surface area contributed by atoms with E-state index in [1.54, 1.807) is 30.3 Å². The number of nitrogens with one attached hydrogen (secondary N) is 1. The highest BCUT2D eigenvalue weighted by Crippen LogP contribution is 2.22. The summed E-state index contributed by atoms with van der Waals surface area (Å²) < 4.78 is 31.5. The molecule has 0 aliphatic heterocycles. The SMILES string of the molecule is [N-]=[N+]=NCC(F)(F)CC[C@H](NC(=O)OCc1ccccc1)C(=O)O. The van der Waals surface area contributed by atoms with Crippen molar-refractivity contribution >= 4 is 12.1 Å². The number of amides is 1. The van der Waals surface area contributed by atoms with Gasteiger partial charge in [0.05, 0.1) is 6.54 Å². The van der Waals surface area contributed by atoms with Gasteiger partial charge in [-0.3, -0.25) is 0 Å². The molecule has 10 heteroatoms. The molecule has 130 valence electrons. The number of carbonyl (C=O) groups excluding carboxylic acids is 1. The average molecular weight is 342 g/mol. The summed E-state index contributed by atoms with van der Waals surface area (Å²) in [5, 5.41) is 13.8. The lowest BCUT2D eigenvalue weighted by atomic mass is 10.1. The molecule has 8 nitrogen and oxygen atoms in total. The predicted octanol–water partition coefficient (Wildman–Crippen LogP) is 3.09. The molecule has 24 heavy (non-hydrogen) atoms. The lowest BCUT2D eigenvalue weighted by Gasteiger charge is -2.18. The van der Waals surface area contributed by atoms with Crippen LogP contribution in [0, 0.1) is 0 Å². The normalized spacial score (nSPS) is 11.9. The lowest BCUT2D eigenvalue weighted by molar-refractivity contribution is -0.140. The van der Waals surface area contributed by atoms with E-state index in [2.05, 4.69) is 10.0 Å². The molecule has 0 unspecified atom stereocenters. The Bertz CT molecular complexity index is 606. The monoisotopic (exact) mass is 342 g/mol. The van der Waals surface area contributed by atoms with E-state index in [4.69, 9.17) is 15.4 Å². The summed E-state index contributed by atoms with van der Waals surface area (Å²) in [5.74, 6) is -4.82. The van der Waals surface area contributed by atoms with Gasteiger partial charge in [-0.15, -0.1) is 0 Å². The number of azide groups is 1. The zero-order valence-corrected chi connectivity index (χ0v) is 12.6. The number of benzene rings is 1. The Morgan fingerprint density at radius 1 is 1.38 bits per heavy atom. The molecule has 0 saturated heterocycles. The van der Waals surface area contributed by atoms with E-state index in [1.165, 1.54) is 0 Å². The maximum atomic E-state index is 13.3. The van der Waals surface area contributed by atoms with Gasteiger partial charge in [0.2, 0.25) is 0 Å². The van der Waals surface area contributed by atoms with E-state index in [9.17, 15) is 18.4 Å². The molecule has 0 aliphatic carbocycles. The van der Waals surface area contributed by atoms with Crippen LogP contribution < -0.4 is 5.32 Å². The van der Waals surface area contributed by atoms with Gasteiger partial charge in [-0.2, -0.15) is 0 Å². The molecular weight excluding hydrogens is 326 g/mol. The highest BCUT2D eigenvalue weighted by molar-refractivity contribution is 5.79. The number of alkyl halides is 2. The van der Waals surface area contributed by atoms with E-state index >= 15 is 0 Å². The number of carboxylic acid groups (broad SMARTS) is 1. The molecule has 1 aromatic carbocycles. The Kier molecular flexibility index (Phi) is 7.44. The average Bonchev–Trinajstić information content (AvgIpc) is 2.55. The van der Waals surface area contributed by atoms with Crippen molar-refractivity contribution in [1.82, 2.24) is 5.32 Å². The van der Waals surface area contributed by atoms with Crippen molar-refractivity contribution in [3.8, 4) is 0 Å². The van der Waals surface area contributed by atoms with Gasteiger partial charge in [-0.25, -0.2) is 18.4 Å². The van der Waals surface area contributed by atoms with Gasteiger partial charge in [0.25, 0.3) is 5.92 Å². The van der Waals surface area contributed by atoms with Crippen LogP contribution in [0.2, 0.25) is 0 Å². The Balaban J connectivity index is 2.48. The van der Waals surface area contributed by atoms with E-state index < -0.39 is 43.4 Å². The molecule has 0 heterocycles. The third kappa shape index (κ3) is 7.41. The van der Waals surface area contributed by atoms with Crippen LogP contribution in [0.3, 0.4) is 0 Å². The van der Waals surface area contributed by atoms with Crippen molar-refractivity contribution in [2.75, 3.05) is 6.54 Å². The highest BCUT2D eigenvalue weighted by Gasteiger charge is 2.31. The lowest BCUT2D eigenvalue weighted by Crippen LogP contribution is -2.42. The van der Waals surface area contributed by atoms with E-state index in [1.807, 2.05) is 5.32 Å². The van der Waals surface area contributed by atoms with Gasteiger partial charge in [0.15, 0.2) is 0 Å². The first-order chi connectivity index (χ1) is 11.3. The van der Waals surface area contributed by atoms with Crippen LogP contribution in [0.15, 0.2) is 35.4 Å². The minimum atomic E-state index is -3.35. The third-order valence-corrected chi connectivity index (χ3v) is 2.97. The molecule has 1 atom stereocenters. The zero-order chi connectivity index (χ0) is 18.0. The van der Waals surface area contributed by atoms with E-state index in [0.717, 1.165) is 0 Å². The summed E-state index contributed by atoms with van der Waals surface area (Å²) in [6, 6.07) is 7.13. The fourth-order valence-corrected chi connectivity index (χ4v) is 1.73. The number of ether oxygens (including phenoxy) is 1. The molecule has 0 aliphatic rings. The summed E-state index contributed by atoms with van der Waals surface area (Å²) in [4.78, 5) is 24.8. The Hall–Kier alpha value is -2.87. The molecule has 0 radical (unpaired) electrons. The van der Waals surface area contributed by atoms with Crippen molar-refractivity contribution in [2.24, 2.45) is 5.11 Å². The van der Waals surface area contributed by atoms with Crippen LogP contribution in [0.5, 0.6) is 0 Å². The number of hydrogen-bond acceptors (Lipinski definition) is 4. The van der Waals surface area contributed by atoms with Crippen molar-refractivity contribution in [3.05, 3.63) is 46.3 Å². The summed E-state index contributed by atoms with van der Waals surface area (Å²) in [6.45, 7) is -1.15. The first kappa shape index (κ1) is 19.2. The summed E-state index contributed by atoms with van der Waals surface area (Å²) in [7, 11) is 0. The van der Waals surface area contributed by atoms with Crippen molar-refractivity contribution < 1.29 is 28.2 Å². The molecule has 0 saturated carbocycles. The molecule has 0 aromatic heterocycles. The van der Waals surface area contributed by atoms with Crippen LogP contribution in [0.4, 0.5) is 13.6 Å². The van der Waals surface area contributed by atoms with Gasteiger partial charge in [0.1, 0.15) is 12.6 Å². The number of hydrogen-bond donors (Lipinski definition) is 2. The molecule has 0 fully saturated rings. The molecule has 0 spiro atoms. The van der Waals surface area contributed by atoms with Crippen LogP contribution in [0.1, 0.15) is 18.4 Å². The predicted molar refractivity (Wildman–Crippen MR) is 79.4 cm³/mol. The van der Waals surface area contributed by atoms with Crippen LogP contribution in [0.25, 0.3) is 10.4 Å². The van der Waals surface area contributed by atoms with Crippen LogP contribution >= 0.6 is 0 Å². The zero-order valence-electron chi connectivity index (χ0n) is 12.6. The van der Waals surface area contributed by atoms with E-state index in [-0.39, 0.29) is 6.61 Å². The van der Waals surface area contributed by atoms with Gasteiger partial charge >= 0.3 is 12.1 Å². The topological polar surface area (TPSA) is 124 Å². The second kappa shape index (κ2) is 9.31. The van der Waals surface area contributed by atoms with Crippen molar-refractivity contribution in [2.45, 2.75) is 31.4 Å². The number of aliphatic carboxylic acids is 1. The highest BCUT2D eigenvalue weighted by atomic mass is 19.3. The summed E-state index contributed by atoms with van der Waals surface area (Å²) in [6.07, 6.45) is -2.42. The minimum Gasteiger partial charge on any atom is -0.480 e. The maximum Gasteiger partial charge on any atom is 0.408 e. The van der Waals surface area contributed by atoms with Crippen molar-refractivity contribution in [1.29, 1.82) is 0 Å². The minimum absolute atomic E-state index is 0.0773. The number of rotatable bonds is 9. The smallest absolute Gasteiger partial charge is 0.408 e. The molecular formula is C14H16F2N4O4. The standard InChI is InChI=1S/C14H16F2N4O4/c15-14(16,9-18-20-17)7-6-11(12(21)22)19-13(23)24-8-10-4-2-1-3-5-10/h1-5,11H,6-9H2,(H,19,23)(H,21,22)/t11-/m0/s1. The number of alkyl carbamates (subject to hydrolysis) is 1. The quantitative estimate of drug-likeness (QED) is 0.406. The Labute approximate surface area is 136 Å². The van der Waals surface area contributed by atoms with Gasteiger partial charge < -0.3 is 15.2 Å². The van der Waals surface area contributed by atoms with Crippen molar-refractivity contribution in [3.63, 3.8) is 0 Å². The first-order valence-electron chi connectivity index (χ1n) is 6.93. The summed E-state index contributed by atoms with van der Waals surface area (Å²) in [5.41, 5.74) is 8.72. The molecule has 1 amide bonds. The fraction of sp³-hybridized carbons (Fsp3) is 0.429. The number of nitrogens with zero attached hydrogens (tertiary/aromatic N) is 3. The molecule has 0 bridgehead atoms. The number of carboxylic acids is 1. The van der Waals surface area contributed by atoms with Gasteiger partial charge in [-0.1, -0.05) is 35.4 Å². The molecule has 1 aromatic rings. The van der Waals surface area contributed by atoms with E-state index in [0.29, 0.717) is 5.56 Å². The summed E-state index contributed by atoms with van der Waals surface area (Å²) >= 11 is 0. The molecule has 2 N–H and O–H groups in total. The Morgan fingerprint density at radius 2 is 2.04 bits per heavy atom. The molecule has 1 rings (SSSR count). The Morgan fingerprint density at radius 3 is 2.62 bits per heavy atom. The van der Waals surface area contributed by atoms with Crippen LogP contribution in [-0.4, -0.2) is 35.7 Å². The fourth-order valence-electron chi connectivity index (χ4n) is 1.73. The first-order valence-corrected chi connectivity index (χ1v) is 6.93.